The van der Waals surface area contributed by atoms with Gasteiger partial charge in [-0.2, -0.15) is 0 Å². The molecule has 3 N–H and O–H groups in total. The number of aliphatic hydroxyl groups excluding tert-OH is 2. The molecule has 0 aromatic carbocycles. The molecule has 1 aromatic heterocycles. The highest BCUT2D eigenvalue weighted by Gasteiger charge is 2.02. The van der Waals surface area contributed by atoms with Crippen molar-refractivity contribution in [1.29, 1.82) is 0 Å². The van der Waals surface area contributed by atoms with Crippen molar-refractivity contribution in [2.45, 2.75) is 13.0 Å². The molecule has 0 aliphatic heterocycles. The Kier molecular flexibility index (Phi) is 5.10. The third kappa shape index (κ3) is 4.52. The molecular formula is C10H14N2O3S. The largest absolute Gasteiger partial charge is 0.394 e. The van der Waals surface area contributed by atoms with Crippen molar-refractivity contribution >= 4 is 23.3 Å². The van der Waals surface area contributed by atoms with Gasteiger partial charge in [0.05, 0.1) is 23.4 Å². The number of nitrogens with zero attached hydrogens (tertiary/aromatic N) is 1. The summed E-state index contributed by atoms with van der Waals surface area (Å²) in [5.41, 5.74) is 0.736. The van der Waals surface area contributed by atoms with Crippen molar-refractivity contribution in [2.24, 2.45) is 0 Å². The Morgan fingerprint density at radius 1 is 1.75 bits per heavy atom. The topological polar surface area (TPSA) is 82.5 Å². The van der Waals surface area contributed by atoms with E-state index in [1.807, 2.05) is 12.3 Å². The second-order valence-electron chi connectivity index (χ2n) is 3.21. The lowest BCUT2D eigenvalue weighted by Crippen LogP contribution is -2.32. The molecule has 1 amide bonds. The third-order valence-electron chi connectivity index (χ3n) is 1.76. The molecule has 1 unspecified atom stereocenters. The monoisotopic (exact) mass is 242 g/mol. The normalized spacial score (nSPS) is 12.9. The molecule has 0 aliphatic carbocycles. The summed E-state index contributed by atoms with van der Waals surface area (Å²) in [4.78, 5) is 15.4. The van der Waals surface area contributed by atoms with Gasteiger partial charge < -0.3 is 15.5 Å². The Morgan fingerprint density at radius 2 is 2.50 bits per heavy atom. The van der Waals surface area contributed by atoms with Crippen molar-refractivity contribution < 1.29 is 15.0 Å². The zero-order valence-corrected chi connectivity index (χ0v) is 9.70. The number of carbonyl (C=O) groups excluding carboxylic acids is 1. The summed E-state index contributed by atoms with van der Waals surface area (Å²) in [6.07, 6.45) is 2.03. The summed E-state index contributed by atoms with van der Waals surface area (Å²) in [6, 6.07) is 0. The molecule has 16 heavy (non-hydrogen) atoms. The number of hydrogen-bond donors (Lipinski definition) is 3. The van der Waals surface area contributed by atoms with Gasteiger partial charge in [0, 0.05) is 18.0 Å². The fourth-order valence-corrected chi connectivity index (χ4v) is 1.54. The number of aliphatic hydroxyl groups is 2. The van der Waals surface area contributed by atoms with E-state index in [2.05, 4.69) is 10.3 Å². The zero-order valence-electron chi connectivity index (χ0n) is 8.88. The third-order valence-corrected chi connectivity index (χ3v) is 2.56. The number of aryl methyl sites for hydroxylation is 1. The molecule has 1 aromatic rings. The minimum atomic E-state index is -0.918. The molecule has 0 radical (unpaired) electrons. The Hall–Kier alpha value is -1.24. The van der Waals surface area contributed by atoms with Crippen molar-refractivity contribution in [2.75, 3.05) is 13.2 Å². The maximum absolute atomic E-state index is 11.2. The van der Waals surface area contributed by atoms with Gasteiger partial charge in [0.25, 0.3) is 0 Å². The van der Waals surface area contributed by atoms with Gasteiger partial charge in [-0.1, -0.05) is 0 Å². The van der Waals surface area contributed by atoms with E-state index in [1.165, 1.54) is 17.4 Å². The number of thiazole rings is 1. The molecule has 1 rings (SSSR count). The molecule has 0 spiro atoms. The van der Waals surface area contributed by atoms with E-state index in [9.17, 15) is 4.79 Å². The van der Waals surface area contributed by atoms with Crippen LogP contribution in [0.15, 0.2) is 11.5 Å². The summed E-state index contributed by atoms with van der Waals surface area (Å²) in [6.45, 7) is 1.56. The molecule has 0 saturated carbocycles. The highest BCUT2D eigenvalue weighted by atomic mass is 32.1. The van der Waals surface area contributed by atoms with Crippen molar-refractivity contribution in [3.8, 4) is 0 Å². The van der Waals surface area contributed by atoms with Crippen LogP contribution in [-0.4, -0.2) is 40.4 Å². The van der Waals surface area contributed by atoms with E-state index in [0.29, 0.717) is 0 Å². The maximum atomic E-state index is 11.2. The lowest BCUT2D eigenvalue weighted by molar-refractivity contribution is -0.117. The average Bonchev–Trinajstić information content (AvgIpc) is 2.69. The first-order valence-electron chi connectivity index (χ1n) is 4.78. The van der Waals surface area contributed by atoms with Crippen LogP contribution in [0.1, 0.15) is 10.7 Å². The smallest absolute Gasteiger partial charge is 0.244 e. The highest BCUT2D eigenvalue weighted by molar-refractivity contribution is 7.09. The Balaban J connectivity index is 2.36. The molecular weight excluding hydrogens is 228 g/mol. The molecule has 0 saturated heterocycles. The number of nitrogens with one attached hydrogen (secondary N) is 1. The van der Waals surface area contributed by atoms with E-state index in [1.54, 1.807) is 6.08 Å². The number of rotatable bonds is 5. The van der Waals surface area contributed by atoms with E-state index in [-0.39, 0.29) is 19.1 Å². The number of amides is 1. The summed E-state index contributed by atoms with van der Waals surface area (Å²) >= 11 is 1.51. The highest BCUT2D eigenvalue weighted by Crippen LogP contribution is 2.08. The molecule has 0 aliphatic rings. The van der Waals surface area contributed by atoms with Crippen LogP contribution in [-0.2, 0) is 4.79 Å². The first kappa shape index (κ1) is 12.8. The first-order chi connectivity index (χ1) is 7.61. The minimum absolute atomic E-state index is 0.0375. The second kappa shape index (κ2) is 6.37. The van der Waals surface area contributed by atoms with E-state index >= 15 is 0 Å². The Bertz CT molecular complexity index is 376. The van der Waals surface area contributed by atoms with Crippen molar-refractivity contribution in [3.05, 3.63) is 22.2 Å². The van der Waals surface area contributed by atoms with E-state index in [0.717, 1.165) is 10.7 Å². The molecule has 1 heterocycles. The lowest BCUT2D eigenvalue weighted by atomic mass is 10.3. The van der Waals surface area contributed by atoms with E-state index in [4.69, 9.17) is 10.2 Å². The SMILES string of the molecule is Cc1nc(C=CC(=O)NCC(O)CO)cs1. The van der Waals surface area contributed by atoms with Gasteiger partial charge in [-0.3, -0.25) is 4.79 Å². The second-order valence-corrected chi connectivity index (χ2v) is 4.27. The van der Waals surface area contributed by atoms with Crippen LogP contribution < -0.4 is 5.32 Å². The predicted molar refractivity (Wildman–Crippen MR) is 62.0 cm³/mol. The molecule has 1 atom stereocenters. The average molecular weight is 242 g/mol. The first-order valence-corrected chi connectivity index (χ1v) is 5.66. The number of hydrogen-bond acceptors (Lipinski definition) is 5. The standard InChI is InChI=1S/C10H14N2O3S/c1-7-12-8(6-16-7)2-3-10(15)11-4-9(14)5-13/h2-3,6,9,13-14H,4-5H2,1H3,(H,11,15). The summed E-state index contributed by atoms with van der Waals surface area (Å²) < 4.78 is 0. The fraction of sp³-hybridized carbons (Fsp3) is 0.400. The van der Waals surface area contributed by atoms with Gasteiger partial charge >= 0.3 is 0 Å². The maximum Gasteiger partial charge on any atom is 0.244 e. The van der Waals surface area contributed by atoms with Crippen LogP contribution in [0.25, 0.3) is 6.08 Å². The molecule has 5 nitrogen and oxygen atoms in total. The van der Waals surface area contributed by atoms with Crippen LogP contribution in [0.4, 0.5) is 0 Å². The summed E-state index contributed by atoms with van der Waals surface area (Å²) in [5.74, 6) is -0.321. The summed E-state index contributed by atoms with van der Waals surface area (Å²) in [7, 11) is 0. The van der Waals surface area contributed by atoms with Crippen LogP contribution in [0, 0.1) is 6.92 Å². The van der Waals surface area contributed by atoms with Crippen LogP contribution >= 0.6 is 11.3 Å². The van der Waals surface area contributed by atoms with Crippen molar-refractivity contribution in [3.63, 3.8) is 0 Å². The lowest BCUT2D eigenvalue weighted by Gasteiger charge is -2.06. The van der Waals surface area contributed by atoms with Gasteiger partial charge in [0.15, 0.2) is 0 Å². The zero-order chi connectivity index (χ0) is 12.0. The fourth-order valence-electron chi connectivity index (χ4n) is 0.960. The Morgan fingerprint density at radius 3 is 3.06 bits per heavy atom. The van der Waals surface area contributed by atoms with Crippen LogP contribution in [0.3, 0.4) is 0 Å². The van der Waals surface area contributed by atoms with Gasteiger partial charge in [0.2, 0.25) is 5.91 Å². The summed E-state index contributed by atoms with van der Waals surface area (Å²) in [5, 5.41) is 22.8. The van der Waals surface area contributed by atoms with Crippen LogP contribution in [0.2, 0.25) is 0 Å². The molecule has 6 heteroatoms. The van der Waals surface area contributed by atoms with E-state index < -0.39 is 6.10 Å². The quantitative estimate of drug-likeness (QED) is 0.631. The number of aromatic nitrogens is 1. The molecule has 0 bridgehead atoms. The van der Waals surface area contributed by atoms with Crippen LogP contribution in [0.5, 0.6) is 0 Å². The van der Waals surface area contributed by atoms with Gasteiger partial charge in [-0.25, -0.2) is 4.98 Å². The molecule has 0 fully saturated rings. The molecule has 88 valence electrons. The van der Waals surface area contributed by atoms with Gasteiger partial charge in [0.1, 0.15) is 0 Å². The van der Waals surface area contributed by atoms with Gasteiger partial charge in [-0.05, 0) is 13.0 Å². The van der Waals surface area contributed by atoms with Crippen molar-refractivity contribution in [1.82, 2.24) is 10.3 Å². The minimum Gasteiger partial charge on any atom is -0.394 e. The number of carbonyl (C=O) groups is 1. The van der Waals surface area contributed by atoms with Gasteiger partial charge in [-0.15, -0.1) is 11.3 Å². The Labute approximate surface area is 97.5 Å². The predicted octanol–water partition coefficient (Wildman–Crippen LogP) is -0.0659.